The molecular formula is C14H18F2IN3O3. The lowest BCUT2D eigenvalue weighted by atomic mass is 10.1. The summed E-state index contributed by atoms with van der Waals surface area (Å²) in [6.07, 6.45) is 1.68. The topological polar surface area (TPSA) is 64.1 Å². The summed E-state index contributed by atoms with van der Waals surface area (Å²) in [5, 5.41) is 5.97. The van der Waals surface area contributed by atoms with Crippen molar-refractivity contribution in [1.82, 2.24) is 10.6 Å². The second kappa shape index (κ2) is 9.38. The third-order valence-corrected chi connectivity index (χ3v) is 2.86. The van der Waals surface area contributed by atoms with E-state index in [-0.39, 0.29) is 43.1 Å². The van der Waals surface area contributed by atoms with E-state index < -0.39 is 6.61 Å². The van der Waals surface area contributed by atoms with Gasteiger partial charge in [0.2, 0.25) is 6.79 Å². The highest BCUT2D eigenvalue weighted by Crippen LogP contribution is 2.38. The average Bonchev–Trinajstić information content (AvgIpc) is 2.94. The number of benzene rings is 1. The lowest BCUT2D eigenvalue weighted by Gasteiger charge is -2.14. The Bertz CT molecular complexity index is 570. The number of ether oxygens (including phenoxy) is 3. The summed E-state index contributed by atoms with van der Waals surface area (Å²) in [4.78, 5) is 4.01. The minimum absolute atomic E-state index is 0. The lowest BCUT2D eigenvalue weighted by Crippen LogP contribution is -2.36. The Morgan fingerprint density at radius 1 is 1.39 bits per heavy atom. The second-order valence-electron chi connectivity index (χ2n) is 4.29. The quantitative estimate of drug-likeness (QED) is 0.308. The minimum atomic E-state index is -2.92. The number of nitrogens with zero attached hydrogens (tertiary/aromatic N) is 1. The van der Waals surface area contributed by atoms with Crippen LogP contribution in [0.3, 0.4) is 0 Å². The molecule has 1 heterocycles. The van der Waals surface area contributed by atoms with E-state index in [1.54, 1.807) is 19.2 Å². The highest BCUT2D eigenvalue weighted by Gasteiger charge is 2.20. The number of hydrogen-bond donors (Lipinski definition) is 2. The highest BCUT2D eigenvalue weighted by atomic mass is 127. The molecule has 0 aromatic heterocycles. The van der Waals surface area contributed by atoms with Gasteiger partial charge in [0.15, 0.2) is 17.5 Å². The Morgan fingerprint density at radius 3 is 2.70 bits per heavy atom. The molecule has 1 aliphatic rings. The molecule has 0 atom stereocenters. The standard InChI is InChI=1S/C14H17F2N3O3.HI/c1-3-4-18-14(17-2)19-7-9-5-11-12(21-8-20-11)6-10(9)22-13(15)16;/h3,5-6,13H,1,4,7-8H2,2H3,(H2,17,18,19);1H. The molecular weight excluding hydrogens is 423 g/mol. The minimum Gasteiger partial charge on any atom is -0.454 e. The molecule has 6 nitrogen and oxygen atoms in total. The van der Waals surface area contributed by atoms with Crippen LogP contribution in [0.4, 0.5) is 8.78 Å². The van der Waals surface area contributed by atoms with E-state index in [1.165, 1.54) is 6.07 Å². The zero-order valence-corrected chi connectivity index (χ0v) is 14.8. The molecule has 0 aliphatic carbocycles. The van der Waals surface area contributed by atoms with Gasteiger partial charge in [-0.25, -0.2) is 0 Å². The van der Waals surface area contributed by atoms with Crippen LogP contribution in [0.1, 0.15) is 5.56 Å². The van der Waals surface area contributed by atoms with Gasteiger partial charge in [-0.1, -0.05) is 6.08 Å². The Morgan fingerprint density at radius 2 is 2.09 bits per heavy atom. The van der Waals surface area contributed by atoms with Gasteiger partial charge in [-0.05, 0) is 6.07 Å². The van der Waals surface area contributed by atoms with Gasteiger partial charge in [0.1, 0.15) is 5.75 Å². The fourth-order valence-corrected chi connectivity index (χ4v) is 1.88. The number of halogens is 3. The fraction of sp³-hybridized carbons (Fsp3) is 0.357. The van der Waals surface area contributed by atoms with E-state index in [0.717, 1.165) is 0 Å². The van der Waals surface area contributed by atoms with Crippen molar-refractivity contribution in [2.45, 2.75) is 13.2 Å². The molecule has 0 unspecified atom stereocenters. The molecule has 0 saturated heterocycles. The monoisotopic (exact) mass is 441 g/mol. The average molecular weight is 441 g/mol. The van der Waals surface area contributed by atoms with Crippen LogP contribution in [-0.2, 0) is 6.54 Å². The van der Waals surface area contributed by atoms with E-state index >= 15 is 0 Å². The van der Waals surface area contributed by atoms with Crippen molar-refractivity contribution in [2.24, 2.45) is 4.99 Å². The Kier molecular flexibility index (Phi) is 7.86. The van der Waals surface area contributed by atoms with Gasteiger partial charge in [0.25, 0.3) is 0 Å². The maximum absolute atomic E-state index is 12.5. The van der Waals surface area contributed by atoms with Gasteiger partial charge < -0.3 is 24.8 Å². The van der Waals surface area contributed by atoms with Crippen molar-refractivity contribution in [1.29, 1.82) is 0 Å². The van der Waals surface area contributed by atoms with Crippen LogP contribution >= 0.6 is 24.0 Å². The van der Waals surface area contributed by atoms with Crippen LogP contribution in [-0.4, -0.2) is 33.0 Å². The number of alkyl halides is 2. The summed E-state index contributed by atoms with van der Waals surface area (Å²) in [6, 6.07) is 3.00. The largest absolute Gasteiger partial charge is 0.454 e. The van der Waals surface area contributed by atoms with Gasteiger partial charge in [-0.2, -0.15) is 8.78 Å². The number of fused-ring (bicyclic) bond motifs is 1. The highest BCUT2D eigenvalue weighted by molar-refractivity contribution is 14.0. The van der Waals surface area contributed by atoms with Crippen molar-refractivity contribution >= 4 is 29.9 Å². The first kappa shape index (κ1) is 19.3. The van der Waals surface area contributed by atoms with E-state index in [4.69, 9.17) is 9.47 Å². The SMILES string of the molecule is C=CCNC(=NC)NCc1cc2c(cc1OC(F)F)OCO2.I. The van der Waals surface area contributed by atoms with Gasteiger partial charge >= 0.3 is 6.61 Å². The second-order valence-corrected chi connectivity index (χ2v) is 4.29. The molecule has 0 fully saturated rings. The van der Waals surface area contributed by atoms with Crippen molar-refractivity contribution in [3.05, 3.63) is 30.4 Å². The molecule has 1 aromatic rings. The van der Waals surface area contributed by atoms with Crippen molar-refractivity contribution in [2.75, 3.05) is 20.4 Å². The molecule has 2 rings (SSSR count). The first-order chi connectivity index (χ1) is 10.6. The van der Waals surface area contributed by atoms with Crippen LogP contribution in [0, 0.1) is 0 Å². The molecule has 1 aliphatic heterocycles. The Hall–Kier alpha value is -1.78. The van der Waals surface area contributed by atoms with Crippen LogP contribution in [0.5, 0.6) is 17.2 Å². The molecule has 23 heavy (non-hydrogen) atoms. The number of rotatable bonds is 6. The van der Waals surface area contributed by atoms with E-state index in [1.807, 2.05) is 0 Å². The third kappa shape index (κ3) is 5.41. The van der Waals surface area contributed by atoms with Gasteiger partial charge in [-0.15, -0.1) is 30.6 Å². The summed E-state index contributed by atoms with van der Waals surface area (Å²) in [7, 11) is 1.61. The van der Waals surface area contributed by atoms with Gasteiger partial charge in [0.05, 0.1) is 0 Å². The van der Waals surface area contributed by atoms with E-state index in [2.05, 4.69) is 26.9 Å². The molecule has 0 amide bonds. The molecule has 0 bridgehead atoms. The van der Waals surface area contributed by atoms with Crippen LogP contribution in [0.2, 0.25) is 0 Å². The summed E-state index contributed by atoms with van der Waals surface area (Å²) < 4.78 is 40.0. The third-order valence-electron chi connectivity index (χ3n) is 2.86. The summed E-state index contributed by atoms with van der Waals surface area (Å²) in [5.41, 5.74) is 0.506. The van der Waals surface area contributed by atoms with Crippen LogP contribution in [0.25, 0.3) is 0 Å². The van der Waals surface area contributed by atoms with Crippen molar-refractivity contribution < 1.29 is 23.0 Å². The first-order valence-corrected chi connectivity index (χ1v) is 6.56. The summed E-state index contributed by atoms with van der Waals surface area (Å²) in [6.45, 7) is 1.49. The van der Waals surface area contributed by atoms with Crippen LogP contribution < -0.4 is 24.8 Å². The predicted octanol–water partition coefficient (Wildman–Crippen LogP) is 2.49. The number of aliphatic imine (C=N–C) groups is 1. The zero-order valence-electron chi connectivity index (χ0n) is 12.5. The van der Waals surface area contributed by atoms with Gasteiger partial charge in [0, 0.05) is 31.8 Å². The number of guanidine groups is 1. The molecule has 128 valence electrons. The Balaban J connectivity index is 0.00000264. The molecule has 2 N–H and O–H groups in total. The molecule has 9 heteroatoms. The predicted molar refractivity (Wildman–Crippen MR) is 93.0 cm³/mol. The van der Waals surface area contributed by atoms with Crippen molar-refractivity contribution in [3.63, 3.8) is 0 Å². The van der Waals surface area contributed by atoms with E-state index in [9.17, 15) is 8.78 Å². The maximum atomic E-state index is 12.5. The maximum Gasteiger partial charge on any atom is 0.387 e. The molecule has 0 radical (unpaired) electrons. The molecule has 1 aromatic carbocycles. The molecule has 0 saturated carbocycles. The first-order valence-electron chi connectivity index (χ1n) is 6.56. The van der Waals surface area contributed by atoms with Crippen LogP contribution in [0.15, 0.2) is 29.8 Å². The smallest absolute Gasteiger partial charge is 0.387 e. The zero-order chi connectivity index (χ0) is 15.9. The summed E-state index contributed by atoms with van der Waals surface area (Å²) >= 11 is 0. The fourth-order valence-electron chi connectivity index (χ4n) is 1.88. The number of hydrogen-bond acceptors (Lipinski definition) is 4. The molecule has 0 spiro atoms. The summed E-state index contributed by atoms with van der Waals surface area (Å²) in [5.74, 6) is 1.42. The Labute approximate surface area is 149 Å². The van der Waals surface area contributed by atoms with E-state index in [0.29, 0.717) is 29.6 Å². The van der Waals surface area contributed by atoms with Gasteiger partial charge in [-0.3, -0.25) is 4.99 Å². The number of nitrogens with one attached hydrogen (secondary N) is 2. The normalized spacial score (nSPS) is 12.6. The lowest BCUT2D eigenvalue weighted by molar-refractivity contribution is -0.0505. The van der Waals surface area contributed by atoms with Crippen molar-refractivity contribution in [3.8, 4) is 17.2 Å².